The molecule has 0 aromatic carbocycles. The first-order valence-electron chi connectivity index (χ1n) is 8.87. The number of hydrogen-bond acceptors (Lipinski definition) is 11. The number of nitrogens with one attached hydrogen (secondary N) is 1. The van der Waals surface area contributed by atoms with E-state index in [0.29, 0.717) is 5.56 Å². The molecule has 19 heteroatoms. The standard InChI is InChI=1S/C14H19N2O14P3/c1-6-2-7-3-8(14(19)16-13(7)15-4-6)12-11(18)10(17)9(28-12)5-27-32(23,24)30-33(25,26)29-31(20,21)22/h2-4,9-12,17-18H,5H2,1H3,(H,23,24)(H,25,26)(H,15,16,19)(H2,20,21,22)/t9-,10+,11?,12+/m1/s1. The molecule has 1 fully saturated rings. The van der Waals surface area contributed by atoms with Gasteiger partial charge in [-0.3, -0.25) is 9.32 Å². The Balaban J connectivity index is 1.73. The van der Waals surface area contributed by atoms with Crippen LogP contribution < -0.4 is 5.56 Å². The van der Waals surface area contributed by atoms with Crippen molar-refractivity contribution in [2.75, 3.05) is 6.61 Å². The highest BCUT2D eigenvalue weighted by atomic mass is 31.3. The molecule has 0 spiro atoms. The van der Waals surface area contributed by atoms with Gasteiger partial charge in [0.1, 0.15) is 30.2 Å². The lowest BCUT2D eigenvalue weighted by atomic mass is 10.0. The van der Waals surface area contributed by atoms with Gasteiger partial charge in [-0.1, -0.05) is 0 Å². The fourth-order valence-electron chi connectivity index (χ4n) is 3.04. The lowest BCUT2D eigenvalue weighted by molar-refractivity contribution is -0.0226. The van der Waals surface area contributed by atoms with Gasteiger partial charge in [-0.05, 0) is 24.6 Å². The molecule has 3 unspecified atom stereocenters. The van der Waals surface area contributed by atoms with Crippen LogP contribution in [0.1, 0.15) is 17.2 Å². The summed E-state index contributed by atoms with van der Waals surface area (Å²) in [4.78, 5) is 54.7. The number of rotatable bonds is 8. The van der Waals surface area contributed by atoms with Crippen molar-refractivity contribution in [1.29, 1.82) is 0 Å². The van der Waals surface area contributed by atoms with E-state index < -0.39 is 60.1 Å². The van der Waals surface area contributed by atoms with Crippen LogP contribution in [0.4, 0.5) is 0 Å². The first-order chi connectivity index (χ1) is 15.1. The minimum absolute atomic E-state index is 0.117. The number of nitrogens with zero attached hydrogens (tertiary/aromatic N) is 1. The largest absolute Gasteiger partial charge is 0.490 e. The molecule has 6 atom stereocenters. The predicted octanol–water partition coefficient (Wildman–Crippen LogP) is -0.312. The van der Waals surface area contributed by atoms with Crippen LogP contribution in [0.15, 0.2) is 23.1 Å². The van der Waals surface area contributed by atoms with Crippen LogP contribution in [-0.2, 0) is 31.6 Å². The van der Waals surface area contributed by atoms with Crippen LogP contribution in [0.2, 0.25) is 0 Å². The number of phosphoric acid groups is 3. The molecule has 1 saturated heterocycles. The summed E-state index contributed by atoms with van der Waals surface area (Å²) in [6, 6.07) is 3.09. The molecule has 0 saturated carbocycles. The Morgan fingerprint density at radius 2 is 1.73 bits per heavy atom. The van der Waals surface area contributed by atoms with E-state index in [1.54, 1.807) is 19.2 Å². The molecule has 0 amide bonds. The number of aromatic amines is 1. The topological polar surface area (TPSA) is 255 Å². The summed E-state index contributed by atoms with van der Waals surface area (Å²) in [5.41, 5.74) is 0.434. The summed E-state index contributed by atoms with van der Waals surface area (Å²) >= 11 is 0. The second-order valence-electron chi connectivity index (χ2n) is 6.96. The number of pyridine rings is 2. The van der Waals surface area contributed by atoms with E-state index in [-0.39, 0.29) is 11.4 Å². The molecule has 33 heavy (non-hydrogen) atoms. The molecular weight excluding hydrogens is 513 g/mol. The average molecular weight is 532 g/mol. The number of ether oxygens (including phenoxy) is 1. The number of aliphatic hydroxyl groups excluding tert-OH is 2. The van der Waals surface area contributed by atoms with Gasteiger partial charge in [0, 0.05) is 11.8 Å². The highest BCUT2D eigenvalue weighted by Crippen LogP contribution is 2.66. The van der Waals surface area contributed by atoms with E-state index >= 15 is 0 Å². The third kappa shape index (κ3) is 6.62. The molecule has 7 N–H and O–H groups in total. The van der Waals surface area contributed by atoms with E-state index in [1.807, 2.05) is 0 Å². The highest BCUT2D eigenvalue weighted by molar-refractivity contribution is 7.66. The minimum atomic E-state index is -5.72. The van der Waals surface area contributed by atoms with Crippen molar-refractivity contribution < 1.29 is 61.4 Å². The molecule has 0 bridgehead atoms. The van der Waals surface area contributed by atoms with Crippen LogP contribution >= 0.6 is 23.5 Å². The molecule has 3 rings (SSSR count). The molecule has 3 heterocycles. The normalized spacial score (nSPS) is 27.4. The number of aryl methyl sites for hydroxylation is 1. The second kappa shape index (κ2) is 9.36. The SMILES string of the molecule is Cc1c[nH]c2nc(=O)c([C@@H]3O[C@H](COP(=O)(O)OP(=O)(O)OP(=O)(O)O)[C@H](O)C3O)cc-2c1. The maximum Gasteiger partial charge on any atom is 0.490 e. The van der Waals surface area contributed by atoms with Crippen molar-refractivity contribution in [3.8, 4) is 11.4 Å². The van der Waals surface area contributed by atoms with Crippen molar-refractivity contribution in [1.82, 2.24) is 9.97 Å². The molecule has 16 nitrogen and oxygen atoms in total. The molecule has 0 aromatic rings. The van der Waals surface area contributed by atoms with Crippen LogP contribution in [0.5, 0.6) is 0 Å². The molecule has 0 aliphatic carbocycles. The number of fused-ring (bicyclic) bond motifs is 1. The van der Waals surface area contributed by atoms with Gasteiger partial charge < -0.3 is 39.5 Å². The minimum Gasteiger partial charge on any atom is -0.387 e. The zero-order chi connectivity index (χ0) is 24.8. The van der Waals surface area contributed by atoms with E-state index in [9.17, 15) is 33.6 Å². The van der Waals surface area contributed by atoms with Gasteiger partial charge in [0.25, 0.3) is 5.56 Å². The van der Waals surface area contributed by atoms with Crippen molar-refractivity contribution >= 4 is 23.5 Å². The van der Waals surface area contributed by atoms with E-state index in [2.05, 4.69) is 23.1 Å². The Bertz CT molecular complexity index is 1200. The summed E-state index contributed by atoms with van der Waals surface area (Å²) in [6.07, 6.45) is -4.71. The Labute approximate surface area is 184 Å². The zero-order valence-corrected chi connectivity index (χ0v) is 19.2. The third-order valence-electron chi connectivity index (χ3n) is 4.35. The first kappa shape index (κ1) is 26.3. The van der Waals surface area contributed by atoms with E-state index in [4.69, 9.17) is 19.4 Å². The molecule has 184 valence electrons. The van der Waals surface area contributed by atoms with Crippen LogP contribution in [0, 0.1) is 6.92 Å². The molecule has 3 aliphatic rings. The number of aromatic nitrogens is 2. The molecule has 0 radical (unpaired) electrons. The summed E-state index contributed by atoms with van der Waals surface area (Å²) in [6.45, 7) is 0.782. The predicted molar refractivity (Wildman–Crippen MR) is 106 cm³/mol. The fraction of sp³-hybridized carbons (Fsp3) is 0.429. The fourth-order valence-corrected chi connectivity index (χ4v) is 6.07. The maximum atomic E-state index is 12.4. The Morgan fingerprint density at radius 1 is 1.06 bits per heavy atom. The first-order valence-corrected chi connectivity index (χ1v) is 13.4. The van der Waals surface area contributed by atoms with Gasteiger partial charge in [0.2, 0.25) is 0 Å². The number of H-pyrrole nitrogens is 1. The lowest BCUT2D eigenvalue weighted by Crippen LogP contribution is -2.33. The summed E-state index contributed by atoms with van der Waals surface area (Å²) in [7, 11) is -16.8. The summed E-state index contributed by atoms with van der Waals surface area (Å²) < 4.78 is 50.8. The van der Waals surface area contributed by atoms with Gasteiger partial charge in [0.05, 0.1) is 12.2 Å². The van der Waals surface area contributed by atoms with Crippen molar-refractivity contribution in [3.63, 3.8) is 0 Å². The van der Waals surface area contributed by atoms with Crippen LogP contribution in [0.25, 0.3) is 11.4 Å². The summed E-state index contributed by atoms with van der Waals surface area (Å²) in [5.74, 6) is 0.270. The highest BCUT2D eigenvalue weighted by Gasteiger charge is 2.47. The van der Waals surface area contributed by atoms with Gasteiger partial charge in [-0.2, -0.15) is 13.6 Å². The van der Waals surface area contributed by atoms with Gasteiger partial charge in [-0.15, -0.1) is 0 Å². The monoisotopic (exact) mass is 532 g/mol. The molecular formula is C14H19N2O14P3. The van der Waals surface area contributed by atoms with Crippen LogP contribution in [-0.4, -0.2) is 64.7 Å². The number of aliphatic hydroxyl groups is 2. The molecule has 0 aromatic heterocycles. The van der Waals surface area contributed by atoms with E-state index in [0.717, 1.165) is 5.56 Å². The molecule has 3 aliphatic heterocycles. The maximum absolute atomic E-state index is 12.4. The second-order valence-corrected chi connectivity index (χ2v) is 11.4. The van der Waals surface area contributed by atoms with Crippen molar-refractivity contribution in [3.05, 3.63) is 39.8 Å². The lowest BCUT2D eigenvalue weighted by Gasteiger charge is -2.19. The van der Waals surface area contributed by atoms with Crippen LogP contribution in [0.3, 0.4) is 0 Å². The van der Waals surface area contributed by atoms with Crippen molar-refractivity contribution in [2.24, 2.45) is 0 Å². The van der Waals surface area contributed by atoms with Crippen molar-refractivity contribution in [2.45, 2.75) is 31.3 Å². The number of hydrogen-bond donors (Lipinski definition) is 7. The smallest absolute Gasteiger partial charge is 0.387 e. The summed E-state index contributed by atoms with van der Waals surface area (Å²) in [5, 5.41) is 20.5. The third-order valence-corrected chi connectivity index (χ3v) is 8.15. The Morgan fingerprint density at radius 3 is 2.36 bits per heavy atom. The van der Waals surface area contributed by atoms with Gasteiger partial charge >= 0.3 is 23.5 Å². The average Bonchev–Trinajstić information content (AvgIpc) is 2.91. The van der Waals surface area contributed by atoms with Gasteiger partial charge in [0.15, 0.2) is 0 Å². The van der Waals surface area contributed by atoms with Gasteiger partial charge in [-0.25, -0.2) is 13.7 Å². The van der Waals surface area contributed by atoms with E-state index in [1.165, 1.54) is 6.07 Å². The quantitative estimate of drug-likeness (QED) is 0.215. The zero-order valence-electron chi connectivity index (χ0n) is 16.5. The Kier molecular flexibility index (Phi) is 7.45. The number of phosphoric ester groups is 1. The Hall–Kier alpha value is -1.35.